The van der Waals surface area contributed by atoms with Crippen LogP contribution < -0.4 is 10.3 Å². The molecular weight excluding hydrogens is 413 g/mol. The lowest BCUT2D eigenvalue weighted by Gasteiger charge is -2.18. The fraction of sp³-hybridized carbons (Fsp3) is 0.211. The minimum Gasteiger partial charge on any atom is -0.431 e. The van der Waals surface area contributed by atoms with Gasteiger partial charge in [0.05, 0.1) is 19.0 Å². The summed E-state index contributed by atoms with van der Waals surface area (Å²) in [5.74, 6) is 0.779. The molecule has 2 heterocycles. The Balaban J connectivity index is 1.42. The van der Waals surface area contributed by atoms with E-state index in [4.69, 9.17) is 26.2 Å². The van der Waals surface area contributed by atoms with Gasteiger partial charge in [-0.15, -0.1) is 0 Å². The average Bonchev–Trinajstić information content (AvgIpc) is 3.11. The third kappa shape index (κ3) is 4.34. The van der Waals surface area contributed by atoms with E-state index in [0.717, 1.165) is 10.8 Å². The van der Waals surface area contributed by atoms with Crippen LogP contribution in [-0.4, -0.2) is 32.0 Å². The summed E-state index contributed by atoms with van der Waals surface area (Å²) in [6.07, 6.45) is 2.45. The van der Waals surface area contributed by atoms with E-state index < -0.39 is 6.72 Å². The maximum Gasteiger partial charge on any atom is 0.361 e. The van der Waals surface area contributed by atoms with Gasteiger partial charge in [0.25, 0.3) is 0 Å². The van der Waals surface area contributed by atoms with Gasteiger partial charge in [-0.3, -0.25) is 4.57 Å². The first kappa shape index (κ1) is 19.6. The second-order valence-corrected chi connectivity index (χ2v) is 9.76. The summed E-state index contributed by atoms with van der Waals surface area (Å²) in [6.45, 7) is -1.27. The highest BCUT2D eigenvalue weighted by Gasteiger charge is 2.24. The van der Waals surface area contributed by atoms with Gasteiger partial charge in [-0.25, -0.2) is 15.0 Å². The van der Waals surface area contributed by atoms with Gasteiger partial charge in [0, 0.05) is 5.39 Å². The van der Waals surface area contributed by atoms with E-state index >= 15 is 0 Å². The first-order chi connectivity index (χ1) is 13.9. The van der Waals surface area contributed by atoms with Crippen LogP contribution in [0.15, 0.2) is 55.1 Å². The Morgan fingerprint density at radius 3 is 2.83 bits per heavy atom. The number of imidazole rings is 1. The number of nitrogens with two attached hydrogens (primary N) is 1. The van der Waals surface area contributed by atoms with Gasteiger partial charge in [-0.2, -0.15) is 0 Å². The van der Waals surface area contributed by atoms with Crippen LogP contribution in [0.1, 0.15) is 6.92 Å². The zero-order valence-corrected chi connectivity index (χ0v) is 17.3. The van der Waals surface area contributed by atoms with Crippen molar-refractivity contribution >= 4 is 45.7 Å². The maximum atomic E-state index is 12.8. The molecule has 0 amide bonds. The van der Waals surface area contributed by atoms with Crippen molar-refractivity contribution in [3.8, 4) is 5.75 Å². The largest absolute Gasteiger partial charge is 0.431 e. The number of nitrogens with zero attached hydrogens (tertiary/aromatic N) is 4. The summed E-state index contributed by atoms with van der Waals surface area (Å²) in [4.78, 5) is 12.3. The second-order valence-electron chi connectivity index (χ2n) is 6.59. The van der Waals surface area contributed by atoms with Crippen molar-refractivity contribution in [1.29, 1.82) is 0 Å². The van der Waals surface area contributed by atoms with Crippen LogP contribution in [0, 0.1) is 0 Å². The van der Waals surface area contributed by atoms with E-state index in [-0.39, 0.29) is 12.5 Å². The van der Waals surface area contributed by atoms with E-state index in [2.05, 4.69) is 15.0 Å². The molecule has 0 saturated heterocycles. The third-order valence-corrected chi connectivity index (χ3v) is 5.81. The van der Waals surface area contributed by atoms with Gasteiger partial charge in [0.1, 0.15) is 23.9 Å². The summed E-state index contributed by atoms with van der Waals surface area (Å²) in [6, 6.07) is 13.2. The Kier molecular flexibility index (Phi) is 5.41. The lowest BCUT2D eigenvalue weighted by Crippen LogP contribution is -2.17. The number of hydrogen-bond acceptors (Lipinski definition) is 7. The van der Waals surface area contributed by atoms with Gasteiger partial charge < -0.3 is 19.6 Å². The van der Waals surface area contributed by atoms with Gasteiger partial charge in [0.15, 0.2) is 11.5 Å². The normalized spacial score (nSPS) is 14.7. The highest BCUT2D eigenvalue weighted by Crippen LogP contribution is 2.53. The molecule has 29 heavy (non-hydrogen) atoms. The van der Waals surface area contributed by atoms with Gasteiger partial charge in [0.2, 0.25) is 0 Å². The first-order valence-corrected chi connectivity index (χ1v) is 11.6. The summed E-state index contributed by atoms with van der Waals surface area (Å²) in [5, 5.41) is 1.82. The van der Waals surface area contributed by atoms with Crippen LogP contribution in [0.5, 0.6) is 5.75 Å². The smallest absolute Gasteiger partial charge is 0.361 e. The molecule has 4 rings (SSSR count). The van der Waals surface area contributed by atoms with E-state index in [1.807, 2.05) is 43.3 Å². The molecule has 0 aliphatic rings. The van der Waals surface area contributed by atoms with Crippen molar-refractivity contribution < 1.29 is 13.8 Å². The number of aromatic nitrogens is 4. The molecule has 0 aliphatic heterocycles. The molecule has 0 bridgehead atoms. The average molecular weight is 432 g/mol. The number of nitrogen functional groups attached to an aromatic ring is 1. The third-order valence-electron chi connectivity index (χ3n) is 4.38. The lowest BCUT2D eigenvalue weighted by atomic mass is 10.1. The molecule has 2 N–H and O–H groups in total. The fourth-order valence-electron chi connectivity index (χ4n) is 3.03. The highest BCUT2D eigenvalue weighted by molar-refractivity contribution is 7.85. The van der Waals surface area contributed by atoms with E-state index in [1.54, 1.807) is 17.0 Å². The minimum absolute atomic E-state index is 0.233. The molecule has 0 spiro atoms. The molecule has 0 aliphatic carbocycles. The first-order valence-electron chi connectivity index (χ1n) is 8.92. The summed E-state index contributed by atoms with van der Waals surface area (Å²) in [7, 11) is 0. The van der Waals surface area contributed by atoms with Gasteiger partial charge in [-0.05, 0) is 29.6 Å². The van der Waals surface area contributed by atoms with Crippen molar-refractivity contribution in [3.05, 3.63) is 55.1 Å². The van der Waals surface area contributed by atoms with Crippen LogP contribution in [0.2, 0.25) is 0 Å². The molecule has 150 valence electrons. The molecule has 1 unspecified atom stereocenters. The monoisotopic (exact) mass is 431 g/mol. The van der Waals surface area contributed by atoms with Crippen LogP contribution in [0.25, 0.3) is 21.9 Å². The number of hydrogen-bond donors (Lipinski definition) is 1. The minimum atomic E-state index is -3.54. The Bertz CT molecular complexity index is 1210. The van der Waals surface area contributed by atoms with Crippen molar-refractivity contribution in [2.75, 3.05) is 12.1 Å². The van der Waals surface area contributed by atoms with E-state index in [9.17, 15) is 4.57 Å². The summed E-state index contributed by atoms with van der Waals surface area (Å²) < 4.78 is 25.9. The lowest BCUT2D eigenvalue weighted by molar-refractivity contribution is 0.0844. The van der Waals surface area contributed by atoms with Gasteiger partial charge in [-0.1, -0.05) is 36.4 Å². The van der Waals surface area contributed by atoms with E-state index in [1.165, 1.54) is 6.33 Å². The molecular formula is C19H19ClN5O3P. The van der Waals surface area contributed by atoms with E-state index in [0.29, 0.717) is 29.3 Å². The Morgan fingerprint density at radius 1 is 1.17 bits per heavy atom. The Hall–Kier alpha value is -2.67. The molecule has 2 atom stereocenters. The number of ether oxygens (including phenoxy) is 1. The predicted octanol–water partition coefficient (Wildman–Crippen LogP) is 4.44. The fourth-order valence-corrected chi connectivity index (χ4v) is 4.36. The zero-order chi connectivity index (χ0) is 20.4. The number of rotatable bonds is 7. The van der Waals surface area contributed by atoms with Crippen molar-refractivity contribution in [2.45, 2.75) is 19.6 Å². The van der Waals surface area contributed by atoms with Crippen LogP contribution in [0.3, 0.4) is 0 Å². The van der Waals surface area contributed by atoms with Crippen molar-refractivity contribution in [2.24, 2.45) is 0 Å². The molecule has 4 aromatic rings. The Labute approximate surface area is 171 Å². The summed E-state index contributed by atoms with van der Waals surface area (Å²) in [5.41, 5.74) is 6.94. The molecule has 8 nitrogen and oxygen atoms in total. The standard InChI is InChI=1S/C19H19ClN5O3P/c1-13(9-25-11-24-17-18(21)22-10-23-19(17)25)27-12-29(20,26)28-16-8-4-6-14-5-2-3-7-15(14)16/h2-8,10-11,13H,9,12H2,1H3,(H2,21,22,23)/t13-,29?/m1/s1. The van der Waals surface area contributed by atoms with Gasteiger partial charge >= 0.3 is 6.72 Å². The predicted molar refractivity (Wildman–Crippen MR) is 113 cm³/mol. The Morgan fingerprint density at radius 2 is 1.97 bits per heavy atom. The SMILES string of the molecule is C[C@H](Cn1cnc2c(N)ncnc21)OCP(=O)(Cl)Oc1cccc2ccccc12. The molecule has 0 radical (unpaired) electrons. The number of anilines is 1. The second kappa shape index (κ2) is 7.99. The summed E-state index contributed by atoms with van der Waals surface area (Å²) >= 11 is 6.16. The molecule has 2 aromatic carbocycles. The molecule has 10 heteroatoms. The van der Waals surface area contributed by atoms with Crippen LogP contribution in [-0.2, 0) is 15.8 Å². The van der Waals surface area contributed by atoms with Crippen molar-refractivity contribution in [1.82, 2.24) is 19.5 Å². The molecule has 0 saturated carbocycles. The van der Waals surface area contributed by atoms with Crippen molar-refractivity contribution in [3.63, 3.8) is 0 Å². The highest BCUT2D eigenvalue weighted by atomic mass is 35.7. The van der Waals surface area contributed by atoms with Crippen LogP contribution >= 0.6 is 18.0 Å². The molecule has 2 aromatic heterocycles. The zero-order valence-electron chi connectivity index (χ0n) is 15.6. The number of fused-ring (bicyclic) bond motifs is 2. The van der Waals surface area contributed by atoms with Crippen LogP contribution in [0.4, 0.5) is 5.82 Å². The maximum absolute atomic E-state index is 12.8. The topological polar surface area (TPSA) is 105 Å². The quantitative estimate of drug-likeness (QED) is 0.431. The number of halogens is 1. The number of benzene rings is 2. The molecule has 0 fully saturated rings.